The van der Waals surface area contributed by atoms with Crippen molar-refractivity contribution < 1.29 is 41.2 Å². The topological polar surface area (TPSA) is 119 Å². The van der Waals surface area contributed by atoms with Gasteiger partial charge in [-0.05, 0) is 33.6 Å². The summed E-state index contributed by atoms with van der Waals surface area (Å²) in [7, 11) is 9.22. The Bertz CT molecular complexity index is 905. The van der Waals surface area contributed by atoms with Crippen LogP contribution in [-0.2, 0) is 4.79 Å². The molecule has 1 amide bonds. The summed E-state index contributed by atoms with van der Waals surface area (Å²) in [6.07, 6.45) is 16.1. The fourth-order valence-corrected chi connectivity index (χ4v) is 5.44. The average molecular weight is 664 g/mol. The summed E-state index contributed by atoms with van der Waals surface area (Å²) in [4.78, 5) is 38.1. The molecule has 1 unspecified atom stereocenters. The van der Waals surface area contributed by atoms with Gasteiger partial charge in [-0.2, -0.15) is 0 Å². The fourth-order valence-electron chi connectivity index (χ4n) is 4.06. The van der Waals surface area contributed by atoms with Crippen LogP contribution >= 0.6 is 7.77 Å². The standard InChI is InChI=1S/C27H46N3O5P.C3H9N.BrH/c1-5-6-7-8-9-10-11-12-13-14-15-16-17-18-26(31)28-24-21-23(29(33)34)19-20-25(24)36(35)27(32)22-30(2,3)4;1-4(2)3;/h19-21H,5-18,22H2,1-4H3,(H-,28,31,32);1-3H3;1H. The largest absolute Gasteiger partial charge is 1.00 e. The first-order valence-electron chi connectivity index (χ1n) is 14.8. The molecule has 41 heavy (non-hydrogen) atoms. The number of aliphatic hydroxyl groups is 1. The van der Waals surface area contributed by atoms with Crippen molar-refractivity contribution in [2.24, 2.45) is 0 Å². The van der Waals surface area contributed by atoms with Gasteiger partial charge in [-0.3, -0.25) is 14.9 Å². The van der Waals surface area contributed by atoms with E-state index in [-0.39, 0.29) is 51.6 Å². The molecule has 1 atom stereocenters. The maximum absolute atomic E-state index is 12.9. The number of hydrogen-bond donors (Lipinski definition) is 2. The molecule has 11 heteroatoms. The monoisotopic (exact) mass is 662 g/mol. The van der Waals surface area contributed by atoms with Crippen molar-refractivity contribution in [3.05, 3.63) is 28.3 Å². The maximum atomic E-state index is 12.9. The highest BCUT2D eigenvalue weighted by molar-refractivity contribution is 7.59. The first kappa shape index (κ1) is 41.7. The Balaban J connectivity index is 0. The van der Waals surface area contributed by atoms with E-state index < -0.39 is 12.7 Å². The second kappa shape index (κ2) is 24.1. The van der Waals surface area contributed by atoms with E-state index in [1.54, 1.807) is 0 Å². The second-order valence-electron chi connectivity index (χ2n) is 12.0. The average Bonchev–Trinajstić information content (AvgIpc) is 2.85. The number of nitrogens with zero attached hydrogens (tertiary/aromatic N) is 3. The molecule has 0 saturated carbocycles. The zero-order valence-electron chi connectivity index (χ0n) is 26.6. The molecule has 0 saturated heterocycles. The van der Waals surface area contributed by atoms with Crippen molar-refractivity contribution in [2.75, 3.05) is 54.1 Å². The van der Waals surface area contributed by atoms with Crippen molar-refractivity contribution in [1.82, 2.24) is 4.90 Å². The van der Waals surface area contributed by atoms with Crippen molar-refractivity contribution in [3.8, 4) is 0 Å². The summed E-state index contributed by atoms with van der Waals surface area (Å²) in [5.74, 6) is -0.269. The molecule has 0 heterocycles. The van der Waals surface area contributed by atoms with Gasteiger partial charge in [0.15, 0.2) is 11.8 Å². The molecule has 1 rings (SSSR count). The Kier molecular flexibility index (Phi) is 24.5. The predicted octanol–water partition coefficient (Wildman–Crippen LogP) is 2.79. The number of amides is 1. The van der Waals surface area contributed by atoms with E-state index in [1.807, 2.05) is 47.2 Å². The number of rotatable bonds is 19. The number of non-ortho nitro benzene ring substituents is 1. The van der Waals surface area contributed by atoms with Crippen molar-refractivity contribution >= 4 is 35.8 Å². The lowest BCUT2D eigenvalue weighted by Gasteiger charge is -2.22. The number of nitro groups is 1. The highest BCUT2D eigenvalue weighted by Crippen LogP contribution is 2.25. The minimum Gasteiger partial charge on any atom is -1.00 e. The van der Waals surface area contributed by atoms with Gasteiger partial charge in [0.2, 0.25) is 5.91 Å². The van der Waals surface area contributed by atoms with Crippen LogP contribution in [0.4, 0.5) is 11.4 Å². The van der Waals surface area contributed by atoms with E-state index >= 15 is 0 Å². The van der Waals surface area contributed by atoms with Gasteiger partial charge in [0, 0.05) is 18.6 Å². The molecule has 238 valence electrons. The SMILES string of the molecule is CCCCCCCCCCCCCCCC(=O)Nc1cc([N+](=O)[O-])ccc1/[P+]([O-])=C(\O)C[N+](C)(C)C.CN(C)C.[Br-]. The van der Waals surface area contributed by atoms with Gasteiger partial charge >= 0.3 is 0 Å². The van der Waals surface area contributed by atoms with Gasteiger partial charge in [0.1, 0.15) is 7.77 Å². The molecule has 1 aromatic carbocycles. The van der Waals surface area contributed by atoms with Crippen molar-refractivity contribution in [2.45, 2.75) is 96.8 Å². The molecule has 0 fully saturated rings. The maximum Gasteiger partial charge on any atom is 0.279 e. The van der Waals surface area contributed by atoms with E-state index in [2.05, 4.69) is 12.2 Å². The van der Waals surface area contributed by atoms with Crippen LogP contribution < -0.4 is 32.5 Å². The zero-order valence-corrected chi connectivity index (χ0v) is 29.1. The Labute approximate surface area is 260 Å². The summed E-state index contributed by atoms with van der Waals surface area (Å²) in [6.45, 7) is 2.41. The molecular weight excluding hydrogens is 607 g/mol. The third-order valence-electron chi connectivity index (χ3n) is 6.04. The van der Waals surface area contributed by atoms with Crippen LogP contribution in [0, 0.1) is 10.1 Å². The molecule has 2 N–H and O–H groups in total. The van der Waals surface area contributed by atoms with Crippen molar-refractivity contribution in [3.63, 3.8) is 0 Å². The number of likely N-dealkylation sites (N-methyl/N-ethyl adjacent to an activating group) is 1. The van der Waals surface area contributed by atoms with Crippen molar-refractivity contribution in [1.29, 1.82) is 0 Å². The number of benzene rings is 1. The number of aliphatic hydroxyl groups excluding tert-OH is 1. The van der Waals surface area contributed by atoms with Crippen LogP contribution in [0.1, 0.15) is 96.8 Å². The third-order valence-corrected chi connectivity index (χ3v) is 7.48. The number of carbonyl (C=O) groups is 1. The molecule has 0 aromatic heterocycles. The number of halogens is 1. The predicted molar refractivity (Wildman–Crippen MR) is 168 cm³/mol. The summed E-state index contributed by atoms with van der Waals surface area (Å²) in [6, 6.07) is 3.80. The first-order chi connectivity index (χ1) is 18.8. The minimum absolute atomic E-state index is 0. The summed E-state index contributed by atoms with van der Waals surface area (Å²) in [5, 5.41) is 24.4. The number of nitrogens with one attached hydrogen (secondary N) is 1. The molecule has 0 aliphatic carbocycles. The van der Waals surface area contributed by atoms with Gasteiger partial charge < -0.3 is 41.7 Å². The Morgan fingerprint density at radius 2 is 1.37 bits per heavy atom. The Hall–Kier alpha value is -1.42. The van der Waals surface area contributed by atoms with E-state index in [1.165, 1.54) is 82.4 Å². The molecular formula is C30H56BrN4O5P. The van der Waals surface area contributed by atoms with Crippen LogP contribution in [0.3, 0.4) is 0 Å². The lowest BCUT2D eigenvalue weighted by Crippen LogP contribution is -3.00. The molecule has 0 aliphatic heterocycles. The van der Waals surface area contributed by atoms with E-state index in [0.29, 0.717) is 10.9 Å². The Morgan fingerprint density at radius 3 is 1.78 bits per heavy atom. The van der Waals surface area contributed by atoms with Crippen LogP contribution in [0.5, 0.6) is 0 Å². The summed E-state index contributed by atoms with van der Waals surface area (Å²) in [5.41, 5.74) is -0.291. The molecule has 0 spiro atoms. The molecule has 0 radical (unpaired) electrons. The van der Waals surface area contributed by atoms with Crippen LogP contribution in [0.15, 0.2) is 18.2 Å². The van der Waals surface area contributed by atoms with Gasteiger partial charge in [0.05, 0.1) is 31.8 Å². The minimum atomic E-state index is -2.35. The smallest absolute Gasteiger partial charge is 0.279 e. The van der Waals surface area contributed by atoms with E-state index in [9.17, 15) is 24.9 Å². The highest BCUT2D eigenvalue weighted by Gasteiger charge is 2.24. The summed E-state index contributed by atoms with van der Waals surface area (Å²) >= 11 is 0. The highest BCUT2D eigenvalue weighted by atomic mass is 79.9. The molecule has 1 aromatic rings. The fraction of sp³-hybridized carbons (Fsp3) is 0.733. The van der Waals surface area contributed by atoms with Crippen LogP contribution in [-0.4, -0.2) is 79.6 Å². The number of hydrogen-bond acceptors (Lipinski definition) is 5. The number of unbranched alkanes of at least 4 members (excludes halogenated alkanes) is 12. The van der Waals surface area contributed by atoms with E-state index in [0.717, 1.165) is 19.3 Å². The lowest BCUT2D eigenvalue weighted by molar-refractivity contribution is -0.861. The van der Waals surface area contributed by atoms with E-state index in [4.69, 9.17) is 0 Å². The van der Waals surface area contributed by atoms with Crippen LogP contribution in [0.2, 0.25) is 0 Å². The quantitative estimate of drug-likeness (QED) is 0.0773. The van der Waals surface area contributed by atoms with Gasteiger partial charge in [-0.1, -0.05) is 84.0 Å². The zero-order chi connectivity index (χ0) is 30.6. The Morgan fingerprint density at radius 1 is 0.927 bits per heavy atom. The second-order valence-corrected chi connectivity index (χ2v) is 13.6. The number of anilines is 1. The molecule has 0 bridgehead atoms. The number of nitro benzene ring substituents is 1. The van der Waals surface area contributed by atoms with Gasteiger partial charge in [0.25, 0.3) is 11.2 Å². The summed E-state index contributed by atoms with van der Waals surface area (Å²) < 4.78 is 0.376. The lowest BCUT2D eigenvalue weighted by atomic mass is 10.0. The molecule has 9 nitrogen and oxygen atoms in total. The first-order valence-corrected chi connectivity index (χ1v) is 16.1. The number of carbonyl (C=O) groups excluding carboxylic acids is 1. The normalized spacial score (nSPS) is 11.8. The molecule has 0 aliphatic rings. The third kappa shape index (κ3) is 22.8. The van der Waals surface area contributed by atoms with Gasteiger partial charge in [-0.25, -0.2) is 0 Å². The number of quaternary nitrogens is 1. The van der Waals surface area contributed by atoms with Gasteiger partial charge in [-0.15, -0.1) is 0 Å². The van der Waals surface area contributed by atoms with Crippen LogP contribution in [0.25, 0.3) is 0 Å².